The van der Waals surface area contributed by atoms with Crippen LogP contribution in [0.3, 0.4) is 0 Å². The van der Waals surface area contributed by atoms with Gasteiger partial charge >= 0.3 is 0 Å². The molecule has 0 aliphatic carbocycles. The molecule has 1 aliphatic heterocycles. The van der Waals surface area contributed by atoms with E-state index in [-0.39, 0.29) is 28.5 Å². The second-order valence-electron chi connectivity index (χ2n) is 13.2. The molecule has 0 bridgehead atoms. The van der Waals surface area contributed by atoms with Gasteiger partial charge in [0.15, 0.2) is 0 Å². The first-order valence-corrected chi connectivity index (χ1v) is 15.4. The van der Waals surface area contributed by atoms with Gasteiger partial charge in [0.25, 0.3) is 11.5 Å². The SMILES string of the molecule is COc1cc(-c2cn(C)c(=O)c(C)c2C)cc(OC)c1CN(C)Cc1cccc(C2CCCN2C(=O)C(C#N)=CC(C)(C)C)c1. The number of carbonyl (C=O) groups is 1. The molecular weight excluding hydrogens is 564 g/mol. The highest BCUT2D eigenvalue weighted by Crippen LogP contribution is 2.38. The van der Waals surface area contributed by atoms with Crippen LogP contribution in [0.4, 0.5) is 0 Å². The van der Waals surface area contributed by atoms with Crippen LogP contribution in [0.2, 0.25) is 0 Å². The van der Waals surface area contributed by atoms with Crippen molar-refractivity contribution < 1.29 is 14.3 Å². The van der Waals surface area contributed by atoms with Crippen LogP contribution in [0.25, 0.3) is 11.1 Å². The van der Waals surface area contributed by atoms with Crippen LogP contribution < -0.4 is 15.0 Å². The van der Waals surface area contributed by atoms with Crippen LogP contribution in [-0.4, -0.2) is 48.1 Å². The highest BCUT2D eigenvalue weighted by Gasteiger charge is 2.32. The van der Waals surface area contributed by atoms with Crippen molar-refractivity contribution in [2.75, 3.05) is 27.8 Å². The predicted molar refractivity (Wildman–Crippen MR) is 178 cm³/mol. The van der Waals surface area contributed by atoms with Crippen LogP contribution in [0.15, 0.2) is 59.0 Å². The lowest BCUT2D eigenvalue weighted by Gasteiger charge is -2.26. The smallest absolute Gasteiger partial charge is 0.264 e. The number of amides is 1. The third-order valence-corrected chi connectivity index (χ3v) is 8.51. The van der Waals surface area contributed by atoms with Gasteiger partial charge in [-0.05, 0) is 73.5 Å². The predicted octanol–water partition coefficient (Wildman–Crippen LogP) is 6.48. The minimum absolute atomic E-state index is 0.00553. The van der Waals surface area contributed by atoms with Gasteiger partial charge in [-0.25, -0.2) is 0 Å². The number of nitrogens with zero attached hydrogens (tertiary/aromatic N) is 4. The molecule has 1 fully saturated rings. The molecule has 238 valence electrons. The summed E-state index contributed by atoms with van der Waals surface area (Å²) in [4.78, 5) is 29.9. The highest BCUT2D eigenvalue weighted by molar-refractivity contribution is 5.97. The second-order valence-corrected chi connectivity index (χ2v) is 13.2. The molecule has 3 aromatic rings. The molecule has 1 atom stereocenters. The standard InChI is InChI=1S/C37H46N4O4/c1-24-25(2)35(42)40(7)23-30(24)28-17-33(44-8)31(34(18-28)45-9)22-39(6)21-26-12-10-13-27(16-26)32-14-11-15-41(32)36(43)29(20-38)19-37(3,4)5/h10,12-13,16-19,23,32H,11,14-15,21-22H2,1-9H3. The van der Waals surface area contributed by atoms with E-state index in [1.165, 1.54) is 0 Å². The Morgan fingerprint density at radius 1 is 1.09 bits per heavy atom. The van der Waals surface area contributed by atoms with Crippen LogP contribution in [0.5, 0.6) is 11.5 Å². The van der Waals surface area contributed by atoms with E-state index in [0.717, 1.165) is 51.8 Å². The first-order chi connectivity index (χ1) is 21.3. The molecule has 0 radical (unpaired) electrons. The Balaban J connectivity index is 1.57. The van der Waals surface area contributed by atoms with Crippen molar-refractivity contribution >= 4 is 5.91 Å². The molecule has 2 aromatic carbocycles. The number of benzene rings is 2. The summed E-state index contributed by atoms with van der Waals surface area (Å²) in [5.41, 5.74) is 6.63. The first kappa shape index (κ1) is 33.5. The van der Waals surface area contributed by atoms with Crippen molar-refractivity contribution in [3.8, 4) is 28.7 Å². The number of allylic oxidation sites excluding steroid dienone is 1. The number of aryl methyl sites for hydroxylation is 1. The first-order valence-electron chi connectivity index (χ1n) is 15.4. The van der Waals surface area contributed by atoms with Crippen LogP contribution >= 0.6 is 0 Å². The molecule has 2 heterocycles. The lowest BCUT2D eigenvalue weighted by molar-refractivity contribution is -0.127. The van der Waals surface area contributed by atoms with E-state index in [2.05, 4.69) is 36.2 Å². The number of aromatic nitrogens is 1. The van der Waals surface area contributed by atoms with Gasteiger partial charge in [-0.3, -0.25) is 14.5 Å². The van der Waals surface area contributed by atoms with Crippen molar-refractivity contribution in [2.45, 2.75) is 66.6 Å². The van der Waals surface area contributed by atoms with Gasteiger partial charge in [0.2, 0.25) is 0 Å². The average molecular weight is 611 g/mol. The minimum Gasteiger partial charge on any atom is -0.496 e. The number of nitriles is 1. The number of likely N-dealkylation sites (tertiary alicyclic amines) is 1. The fourth-order valence-corrected chi connectivity index (χ4v) is 6.18. The van der Waals surface area contributed by atoms with Gasteiger partial charge in [-0.15, -0.1) is 0 Å². The Hall–Kier alpha value is -4.35. The van der Waals surface area contributed by atoms with Crippen molar-refractivity contribution in [1.29, 1.82) is 5.26 Å². The Morgan fingerprint density at radius 3 is 2.36 bits per heavy atom. The molecule has 1 aliphatic rings. The summed E-state index contributed by atoms with van der Waals surface area (Å²) in [6.07, 6.45) is 5.41. The van der Waals surface area contributed by atoms with E-state index < -0.39 is 0 Å². The Labute approximate surface area is 267 Å². The normalized spacial score (nSPS) is 15.4. The van der Waals surface area contributed by atoms with Gasteiger partial charge in [-0.1, -0.05) is 51.1 Å². The highest BCUT2D eigenvalue weighted by atomic mass is 16.5. The van der Waals surface area contributed by atoms with E-state index in [9.17, 15) is 14.9 Å². The van der Waals surface area contributed by atoms with Crippen LogP contribution in [0.1, 0.15) is 67.5 Å². The van der Waals surface area contributed by atoms with Gasteiger partial charge in [0.05, 0.1) is 25.8 Å². The summed E-state index contributed by atoms with van der Waals surface area (Å²) in [5, 5.41) is 9.73. The van der Waals surface area contributed by atoms with E-state index >= 15 is 0 Å². The maximum absolute atomic E-state index is 13.4. The fraction of sp³-hybridized carbons (Fsp3) is 0.432. The molecule has 8 nitrogen and oxygen atoms in total. The van der Waals surface area contributed by atoms with Crippen molar-refractivity contribution in [1.82, 2.24) is 14.4 Å². The zero-order valence-corrected chi connectivity index (χ0v) is 28.2. The molecule has 0 spiro atoms. The summed E-state index contributed by atoms with van der Waals surface area (Å²) < 4.78 is 13.3. The van der Waals surface area contributed by atoms with Gasteiger partial charge in [0.1, 0.15) is 23.1 Å². The van der Waals surface area contributed by atoms with E-state index in [1.54, 1.807) is 31.9 Å². The number of carbonyl (C=O) groups excluding carboxylic acids is 1. The Kier molecular flexibility index (Phi) is 10.2. The molecule has 1 aromatic heterocycles. The molecule has 1 amide bonds. The van der Waals surface area contributed by atoms with Crippen molar-refractivity contribution in [2.24, 2.45) is 12.5 Å². The number of pyridine rings is 1. The topological polar surface area (TPSA) is 87.8 Å². The molecule has 0 N–H and O–H groups in total. The van der Waals surface area contributed by atoms with Crippen molar-refractivity contribution in [3.63, 3.8) is 0 Å². The summed E-state index contributed by atoms with van der Waals surface area (Å²) in [5.74, 6) is 1.24. The average Bonchev–Trinajstić information content (AvgIpc) is 3.50. The van der Waals surface area contributed by atoms with Gasteiger partial charge in [-0.2, -0.15) is 5.26 Å². The van der Waals surface area contributed by atoms with Crippen molar-refractivity contribution in [3.05, 3.63) is 92.4 Å². The zero-order valence-electron chi connectivity index (χ0n) is 28.2. The number of hydrogen-bond donors (Lipinski definition) is 0. The van der Waals surface area contributed by atoms with E-state index in [4.69, 9.17) is 9.47 Å². The summed E-state index contributed by atoms with van der Waals surface area (Å²) >= 11 is 0. The quantitative estimate of drug-likeness (QED) is 0.204. The largest absolute Gasteiger partial charge is 0.496 e. The lowest BCUT2D eigenvalue weighted by atomic mass is 9.93. The third-order valence-electron chi connectivity index (χ3n) is 8.51. The molecule has 0 saturated carbocycles. The molecule has 4 rings (SSSR count). The molecule has 1 unspecified atom stereocenters. The number of rotatable bonds is 9. The number of ether oxygens (including phenoxy) is 2. The molecule has 1 saturated heterocycles. The lowest BCUT2D eigenvalue weighted by Crippen LogP contribution is -2.32. The maximum atomic E-state index is 13.4. The van der Waals surface area contributed by atoms with Gasteiger partial charge in [0, 0.05) is 44.0 Å². The monoisotopic (exact) mass is 610 g/mol. The van der Waals surface area contributed by atoms with E-state index in [0.29, 0.717) is 31.1 Å². The third kappa shape index (κ3) is 7.49. The van der Waals surface area contributed by atoms with E-state index in [1.807, 2.05) is 63.9 Å². The van der Waals surface area contributed by atoms with Gasteiger partial charge < -0.3 is 18.9 Å². The Bertz CT molecular complexity index is 1680. The zero-order chi connectivity index (χ0) is 33.1. The second kappa shape index (κ2) is 13.7. The fourth-order valence-electron chi connectivity index (χ4n) is 6.18. The summed E-state index contributed by atoms with van der Waals surface area (Å²) in [7, 11) is 7.14. The van der Waals surface area contributed by atoms with Crippen LogP contribution in [-0.2, 0) is 24.9 Å². The maximum Gasteiger partial charge on any atom is 0.264 e. The molecule has 8 heteroatoms. The minimum atomic E-state index is -0.258. The molecule has 45 heavy (non-hydrogen) atoms. The van der Waals surface area contributed by atoms with Crippen LogP contribution in [0, 0.1) is 30.6 Å². The number of methoxy groups -OCH3 is 2. The number of hydrogen-bond acceptors (Lipinski definition) is 6. The summed E-state index contributed by atoms with van der Waals surface area (Å²) in [6.45, 7) is 11.7. The molecular formula is C37H46N4O4. The summed E-state index contributed by atoms with van der Waals surface area (Å²) in [6, 6.07) is 14.5. The Morgan fingerprint density at radius 2 is 1.76 bits per heavy atom.